The van der Waals surface area contributed by atoms with Gasteiger partial charge in [-0.1, -0.05) is 48.5 Å². The summed E-state index contributed by atoms with van der Waals surface area (Å²) in [6.45, 7) is 1.78. The Kier molecular flexibility index (Phi) is 2.82. The van der Waals surface area contributed by atoms with E-state index < -0.39 is 0 Å². The van der Waals surface area contributed by atoms with Gasteiger partial charge in [-0.3, -0.25) is 10.1 Å². The molecular weight excluding hydrogens is 260 g/mol. The van der Waals surface area contributed by atoms with Gasteiger partial charge in [-0.05, 0) is 24.6 Å². The number of benzene rings is 2. The number of carbonyl (C=O) groups excluding carboxylic acids is 1. The number of fused-ring (bicyclic) bond motifs is 3. The van der Waals surface area contributed by atoms with E-state index in [-0.39, 0.29) is 11.6 Å². The molecule has 4 rings (SSSR count). The molecule has 0 spiro atoms. The fraction of sp³-hybridized carbons (Fsp3) is 0.278. The molecule has 0 aliphatic carbocycles. The molecule has 1 N–H and O–H groups in total. The normalized spacial score (nSPS) is 23.8. The summed E-state index contributed by atoms with van der Waals surface area (Å²) in [6.07, 6.45) is 1.83. The maximum Gasteiger partial charge on any atom is 0.256 e. The van der Waals surface area contributed by atoms with E-state index in [1.54, 1.807) is 0 Å². The van der Waals surface area contributed by atoms with Gasteiger partial charge in [0.05, 0.1) is 0 Å². The van der Waals surface area contributed by atoms with Crippen LogP contribution < -0.4 is 5.32 Å². The second-order valence-corrected chi connectivity index (χ2v) is 5.81. The number of hydrogen-bond donors (Lipinski definition) is 1. The van der Waals surface area contributed by atoms with Gasteiger partial charge in [-0.15, -0.1) is 0 Å². The fourth-order valence-corrected chi connectivity index (χ4v) is 3.65. The molecule has 2 aliphatic rings. The molecule has 3 heteroatoms. The van der Waals surface area contributed by atoms with Gasteiger partial charge in [0, 0.05) is 24.1 Å². The molecule has 21 heavy (non-hydrogen) atoms. The summed E-state index contributed by atoms with van der Waals surface area (Å²) in [5.41, 5.74) is 2.86. The Balaban J connectivity index is 1.84. The van der Waals surface area contributed by atoms with Crippen LogP contribution in [0.5, 0.6) is 0 Å². The Bertz CT molecular complexity index is 683. The van der Waals surface area contributed by atoms with E-state index in [1.165, 1.54) is 5.56 Å². The third kappa shape index (κ3) is 1.81. The van der Waals surface area contributed by atoms with Crippen LogP contribution in [0.4, 0.5) is 0 Å². The fourth-order valence-electron chi connectivity index (χ4n) is 3.65. The molecule has 0 saturated carbocycles. The van der Waals surface area contributed by atoms with Crippen molar-refractivity contribution in [2.24, 2.45) is 0 Å². The van der Waals surface area contributed by atoms with Gasteiger partial charge in [-0.25, -0.2) is 0 Å². The molecule has 1 atom stereocenters. The Morgan fingerprint density at radius 3 is 2.67 bits per heavy atom. The monoisotopic (exact) mass is 278 g/mol. The number of hydrogen-bond acceptors (Lipinski definition) is 2. The highest BCUT2D eigenvalue weighted by Gasteiger charge is 2.50. The van der Waals surface area contributed by atoms with Crippen molar-refractivity contribution in [3.63, 3.8) is 0 Å². The SMILES string of the molecule is O=C1c2ccccc2C2(Cc3ccccc3)NCCCN12. The van der Waals surface area contributed by atoms with Crippen molar-refractivity contribution < 1.29 is 4.79 Å². The first-order valence-corrected chi connectivity index (χ1v) is 7.52. The minimum atomic E-state index is -0.368. The van der Waals surface area contributed by atoms with Gasteiger partial charge in [0.15, 0.2) is 0 Å². The van der Waals surface area contributed by atoms with Crippen molar-refractivity contribution in [2.75, 3.05) is 13.1 Å². The number of nitrogens with zero attached hydrogens (tertiary/aromatic N) is 1. The molecule has 0 bridgehead atoms. The minimum absolute atomic E-state index is 0.161. The van der Waals surface area contributed by atoms with Crippen LogP contribution in [0.3, 0.4) is 0 Å². The van der Waals surface area contributed by atoms with Crippen molar-refractivity contribution in [1.82, 2.24) is 10.2 Å². The lowest BCUT2D eigenvalue weighted by Crippen LogP contribution is -2.59. The van der Waals surface area contributed by atoms with E-state index in [4.69, 9.17) is 0 Å². The van der Waals surface area contributed by atoms with E-state index in [0.29, 0.717) is 0 Å². The molecule has 2 aliphatic heterocycles. The smallest absolute Gasteiger partial charge is 0.256 e. The molecule has 2 aromatic rings. The first-order chi connectivity index (χ1) is 10.3. The van der Waals surface area contributed by atoms with Crippen LogP contribution in [-0.4, -0.2) is 23.9 Å². The molecule has 1 saturated heterocycles. The third-order valence-electron chi connectivity index (χ3n) is 4.59. The highest BCUT2D eigenvalue weighted by molar-refractivity contribution is 6.00. The zero-order chi connectivity index (χ0) is 14.3. The van der Waals surface area contributed by atoms with Crippen molar-refractivity contribution >= 4 is 5.91 Å². The van der Waals surface area contributed by atoms with E-state index in [1.807, 2.05) is 29.2 Å². The van der Waals surface area contributed by atoms with Crippen molar-refractivity contribution in [3.05, 3.63) is 71.3 Å². The highest BCUT2D eigenvalue weighted by Crippen LogP contribution is 2.41. The van der Waals surface area contributed by atoms with Crippen molar-refractivity contribution in [1.29, 1.82) is 0 Å². The van der Waals surface area contributed by atoms with Crippen LogP contribution >= 0.6 is 0 Å². The lowest BCUT2D eigenvalue weighted by Gasteiger charge is -2.44. The van der Waals surface area contributed by atoms with Gasteiger partial charge in [0.1, 0.15) is 5.66 Å². The van der Waals surface area contributed by atoms with E-state index in [2.05, 4.69) is 35.6 Å². The molecule has 1 amide bonds. The summed E-state index contributed by atoms with van der Waals surface area (Å²) >= 11 is 0. The van der Waals surface area contributed by atoms with Crippen LogP contribution in [0, 0.1) is 0 Å². The van der Waals surface area contributed by atoms with E-state index in [9.17, 15) is 4.79 Å². The van der Waals surface area contributed by atoms with Gasteiger partial charge in [0.2, 0.25) is 0 Å². The summed E-state index contributed by atoms with van der Waals surface area (Å²) in [7, 11) is 0. The molecule has 1 unspecified atom stereocenters. The first-order valence-electron chi connectivity index (χ1n) is 7.52. The second-order valence-electron chi connectivity index (χ2n) is 5.81. The van der Waals surface area contributed by atoms with E-state index in [0.717, 1.165) is 37.1 Å². The molecule has 3 nitrogen and oxygen atoms in total. The van der Waals surface area contributed by atoms with Crippen LogP contribution in [0.15, 0.2) is 54.6 Å². The molecular formula is C18H18N2O. The van der Waals surface area contributed by atoms with Crippen molar-refractivity contribution in [2.45, 2.75) is 18.5 Å². The molecule has 2 heterocycles. The average Bonchev–Trinajstić information content (AvgIpc) is 2.79. The third-order valence-corrected chi connectivity index (χ3v) is 4.59. The maximum absolute atomic E-state index is 12.7. The van der Waals surface area contributed by atoms with Crippen LogP contribution in [0.1, 0.15) is 27.9 Å². The van der Waals surface area contributed by atoms with E-state index >= 15 is 0 Å². The minimum Gasteiger partial charge on any atom is -0.316 e. The standard InChI is InChI=1S/C18H18N2O/c21-17-15-9-4-5-10-16(15)18(19-11-6-12-20(17)18)13-14-7-2-1-3-8-14/h1-5,7-10,19H,6,11-13H2. The first kappa shape index (κ1) is 12.6. The Morgan fingerprint density at radius 2 is 1.81 bits per heavy atom. The van der Waals surface area contributed by atoms with Gasteiger partial charge in [-0.2, -0.15) is 0 Å². The lowest BCUT2D eigenvalue weighted by molar-refractivity contribution is 0.0306. The number of rotatable bonds is 2. The second kappa shape index (κ2) is 4.71. The van der Waals surface area contributed by atoms with Crippen LogP contribution in [0.25, 0.3) is 0 Å². The zero-order valence-electron chi connectivity index (χ0n) is 11.9. The Labute approximate surface area is 124 Å². The number of carbonyl (C=O) groups is 1. The van der Waals surface area contributed by atoms with Crippen LogP contribution in [0.2, 0.25) is 0 Å². The number of amides is 1. The molecule has 106 valence electrons. The average molecular weight is 278 g/mol. The quantitative estimate of drug-likeness (QED) is 0.915. The summed E-state index contributed by atoms with van der Waals surface area (Å²) in [5, 5.41) is 3.63. The predicted octanol–water partition coefficient (Wildman–Crippen LogP) is 2.53. The number of nitrogens with one attached hydrogen (secondary N) is 1. The molecule has 2 aromatic carbocycles. The van der Waals surface area contributed by atoms with Gasteiger partial charge in [0.25, 0.3) is 5.91 Å². The molecule has 0 aromatic heterocycles. The predicted molar refractivity (Wildman–Crippen MR) is 81.9 cm³/mol. The lowest BCUT2D eigenvalue weighted by atomic mass is 9.90. The summed E-state index contributed by atoms with van der Waals surface area (Å²) < 4.78 is 0. The zero-order valence-corrected chi connectivity index (χ0v) is 11.9. The molecule has 1 fully saturated rings. The van der Waals surface area contributed by atoms with Crippen molar-refractivity contribution in [3.8, 4) is 0 Å². The van der Waals surface area contributed by atoms with Crippen LogP contribution in [-0.2, 0) is 12.1 Å². The highest BCUT2D eigenvalue weighted by atomic mass is 16.2. The maximum atomic E-state index is 12.7. The largest absolute Gasteiger partial charge is 0.316 e. The Hall–Kier alpha value is -2.13. The van der Waals surface area contributed by atoms with Gasteiger partial charge >= 0.3 is 0 Å². The summed E-state index contributed by atoms with van der Waals surface area (Å²) in [6, 6.07) is 18.4. The molecule has 0 radical (unpaired) electrons. The summed E-state index contributed by atoms with van der Waals surface area (Å²) in [4.78, 5) is 14.7. The van der Waals surface area contributed by atoms with Gasteiger partial charge < -0.3 is 4.90 Å². The topological polar surface area (TPSA) is 32.3 Å². The summed E-state index contributed by atoms with van der Waals surface area (Å²) in [5.74, 6) is 0.161. The Morgan fingerprint density at radius 1 is 1.05 bits per heavy atom.